The van der Waals surface area contributed by atoms with Gasteiger partial charge in [-0.15, -0.1) is 12.3 Å². The first-order valence-electron chi connectivity index (χ1n) is 12.8. The largest absolute Gasteiger partial charge is 0.463 e. The molecular formula is C26H28N8O2. The van der Waals surface area contributed by atoms with Crippen LogP contribution in [0, 0.1) is 30.1 Å². The Balaban J connectivity index is 1.09. The normalized spacial score (nSPS) is 28.6. The van der Waals surface area contributed by atoms with Crippen molar-refractivity contribution >= 4 is 22.9 Å². The number of ether oxygens (including phenoxy) is 1. The van der Waals surface area contributed by atoms with Crippen LogP contribution in [-0.2, 0) is 0 Å². The van der Waals surface area contributed by atoms with Crippen LogP contribution in [0.4, 0.5) is 5.95 Å². The number of hydrogen-bond donors (Lipinski definition) is 2. The summed E-state index contributed by atoms with van der Waals surface area (Å²) in [5.74, 6) is 4.82. The number of amides is 1. The number of hydrogen-bond acceptors (Lipinski definition) is 8. The van der Waals surface area contributed by atoms with Crippen molar-refractivity contribution in [3.8, 4) is 18.4 Å². The number of aromatic amines is 1. The van der Waals surface area contributed by atoms with E-state index in [1.807, 2.05) is 6.07 Å². The molecule has 2 atom stereocenters. The van der Waals surface area contributed by atoms with Crippen molar-refractivity contribution in [3.63, 3.8) is 0 Å². The Hall–Kier alpha value is -3.74. The fourth-order valence-electron chi connectivity index (χ4n) is 5.95. The van der Waals surface area contributed by atoms with Crippen molar-refractivity contribution in [2.75, 3.05) is 24.6 Å². The average Bonchev–Trinajstić information content (AvgIpc) is 3.51. The number of anilines is 1. The molecule has 3 aromatic rings. The maximum atomic E-state index is 13.1. The molecule has 1 saturated heterocycles. The first-order valence-corrected chi connectivity index (χ1v) is 12.8. The smallest absolute Gasteiger partial charge is 0.321 e. The summed E-state index contributed by atoms with van der Waals surface area (Å²) in [6.07, 6.45) is 13.2. The predicted octanol–water partition coefficient (Wildman–Crippen LogP) is 2.46. The molecule has 5 fully saturated rings. The summed E-state index contributed by atoms with van der Waals surface area (Å²) in [4.78, 5) is 33.1. The molecule has 2 bridgehead atoms. The number of piperidine rings is 1. The summed E-state index contributed by atoms with van der Waals surface area (Å²) in [6.45, 7) is 1.96. The van der Waals surface area contributed by atoms with Gasteiger partial charge in [-0.1, -0.05) is 0 Å². The van der Waals surface area contributed by atoms with E-state index in [0.717, 1.165) is 74.3 Å². The topological polar surface area (TPSA) is 122 Å². The molecule has 10 heteroatoms. The molecule has 0 radical (unpaired) electrons. The highest BCUT2D eigenvalue weighted by molar-refractivity contribution is 5.91. The van der Waals surface area contributed by atoms with Crippen LogP contribution >= 0.6 is 0 Å². The van der Waals surface area contributed by atoms with Crippen molar-refractivity contribution in [1.29, 1.82) is 0 Å². The number of fused-ring (bicyclic) bond motifs is 1. The lowest BCUT2D eigenvalue weighted by atomic mass is 9.50. The molecule has 8 rings (SSSR count). The third kappa shape index (κ3) is 3.74. The quantitative estimate of drug-likeness (QED) is 0.491. The lowest BCUT2D eigenvalue weighted by Crippen LogP contribution is -2.68. The van der Waals surface area contributed by atoms with Crippen LogP contribution in [0.25, 0.3) is 11.0 Å². The van der Waals surface area contributed by atoms with Crippen LogP contribution in [-0.4, -0.2) is 61.3 Å². The van der Waals surface area contributed by atoms with E-state index >= 15 is 0 Å². The lowest BCUT2D eigenvalue weighted by molar-refractivity contribution is -0.0441. The average molecular weight is 485 g/mol. The summed E-state index contributed by atoms with van der Waals surface area (Å²) in [5, 5.41) is 11.8. The van der Waals surface area contributed by atoms with E-state index < -0.39 is 0 Å². The van der Waals surface area contributed by atoms with Gasteiger partial charge >= 0.3 is 6.01 Å². The number of H-pyrrole nitrogens is 1. The monoisotopic (exact) mass is 484 g/mol. The summed E-state index contributed by atoms with van der Waals surface area (Å²) < 4.78 is 5.91. The number of rotatable bonds is 7. The number of carbonyl (C=O) groups excluding carboxylic acids is 1. The first kappa shape index (κ1) is 21.5. The van der Waals surface area contributed by atoms with Crippen molar-refractivity contribution in [2.24, 2.45) is 17.8 Å². The van der Waals surface area contributed by atoms with Crippen molar-refractivity contribution < 1.29 is 9.53 Å². The molecule has 184 valence electrons. The zero-order valence-corrected chi connectivity index (χ0v) is 20.0. The molecule has 1 aliphatic heterocycles. The zero-order chi connectivity index (χ0) is 24.3. The van der Waals surface area contributed by atoms with E-state index in [-0.39, 0.29) is 29.2 Å². The molecule has 4 saturated carbocycles. The second-order valence-electron chi connectivity index (χ2n) is 10.8. The van der Waals surface area contributed by atoms with Crippen LogP contribution in [0.2, 0.25) is 0 Å². The van der Waals surface area contributed by atoms with Gasteiger partial charge in [0.2, 0.25) is 11.8 Å². The first-order chi connectivity index (χ1) is 17.6. The molecule has 5 aliphatic rings. The Morgan fingerprint density at radius 1 is 1.25 bits per heavy atom. The molecule has 2 N–H and O–H groups in total. The minimum Gasteiger partial charge on any atom is -0.463 e. The molecule has 0 spiro atoms. The Morgan fingerprint density at radius 2 is 2.08 bits per heavy atom. The zero-order valence-electron chi connectivity index (χ0n) is 20.0. The Morgan fingerprint density at radius 3 is 2.81 bits per heavy atom. The molecule has 4 aliphatic carbocycles. The maximum absolute atomic E-state index is 13.1. The van der Waals surface area contributed by atoms with E-state index in [9.17, 15) is 4.79 Å². The molecular weight excluding hydrogens is 456 g/mol. The number of carbonyl (C=O) groups is 1. The van der Waals surface area contributed by atoms with Gasteiger partial charge in [0.25, 0.3) is 5.91 Å². The van der Waals surface area contributed by atoms with Gasteiger partial charge in [0, 0.05) is 53.7 Å². The summed E-state index contributed by atoms with van der Waals surface area (Å²) in [5.41, 5.74) is 1.82. The third-order valence-electron chi connectivity index (χ3n) is 8.33. The third-order valence-corrected chi connectivity index (χ3v) is 8.33. The van der Waals surface area contributed by atoms with Gasteiger partial charge in [-0.3, -0.25) is 9.89 Å². The molecule has 3 aromatic heterocycles. The Kier molecular flexibility index (Phi) is 4.88. The van der Waals surface area contributed by atoms with Crippen LogP contribution in [0.15, 0.2) is 18.3 Å². The molecule has 4 heterocycles. The van der Waals surface area contributed by atoms with Gasteiger partial charge < -0.3 is 15.0 Å². The fourth-order valence-corrected chi connectivity index (χ4v) is 5.95. The van der Waals surface area contributed by atoms with Crippen molar-refractivity contribution in [3.05, 3.63) is 29.8 Å². The lowest BCUT2D eigenvalue weighted by Gasteiger charge is -2.61. The molecule has 36 heavy (non-hydrogen) atoms. The SMILES string of the molecule is C#C[C@@H]1C[C@@H]1COc1nc(C(=O)NC23CC(C2)C3)nc(N2CCC(c3[nH]nc4ncccc34)CC2)n1. The highest BCUT2D eigenvalue weighted by Gasteiger charge is 2.57. The fraction of sp³-hybridized carbons (Fsp3) is 0.538. The number of aromatic nitrogens is 6. The van der Waals surface area contributed by atoms with Gasteiger partial charge in [0.1, 0.15) is 0 Å². The predicted molar refractivity (Wildman–Crippen MR) is 131 cm³/mol. The standard InChI is InChI=1S/C26H28N8O2/c1-2-16-10-18(16)14-36-25-29-22(23(35)31-26-11-15(12-26)13-26)28-24(30-25)34-8-5-17(6-9-34)20-19-4-3-7-27-21(19)33-32-20/h1,3-4,7,15-18H,5-6,8-14H2,(H,31,35)(H,27,32,33)/t15?,16-,18-,26?/m1/s1. The van der Waals surface area contributed by atoms with Crippen molar-refractivity contribution in [1.82, 2.24) is 35.5 Å². The van der Waals surface area contributed by atoms with Crippen molar-refractivity contribution in [2.45, 2.75) is 50.0 Å². The number of nitrogens with one attached hydrogen (secondary N) is 2. The van der Waals surface area contributed by atoms with Gasteiger partial charge in [-0.2, -0.15) is 20.1 Å². The number of pyridine rings is 1. The minimum absolute atomic E-state index is 0.0519. The number of nitrogens with zero attached hydrogens (tertiary/aromatic N) is 6. The minimum atomic E-state index is -0.249. The van der Waals surface area contributed by atoms with Gasteiger partial charge in [0.05, 0.1) is 6.61 Å². The van der Waals surface area contributed by atoms with Crippen LogP contribution in [0.3, 0.4) is 0 Å². The van der Waals surface area contributed by atoms with E-state index in [4.69, 9.17) is 11.2 Å². The van der Waals surface area contributed by atoms with Crippen LogP contribution < -0.4 is 15.0 Å². The summed E-state index contributed by atoms with van der Waals surface area (Å²) in [7, 11) is 0. The Labute approximate surface area is 208 Å². The van der Waals surface area contributed by atoms with E-state index in [0.29, 0.717) is 24.4 Å². The summed E-state index contributed by atoms with van der Waals surface area (Å²) >= 11 is 0. The molecule has 10 nitrogen and oxygen atoms in total. The van der Waals surface area contributed by atoms with Crippen LogP contribution in [0.5, 0.6) is 6.01 Å². The van der Waals surface area contributed by atoms with Crippen LogP contribution in [0.1, 0.15) is 60.8 Å². The summed E-state index contributed by atoms with van der Waals surface area (Å²) in [6, 6.07) is 4.19. The molecule has 0 unspecified atom stereocenters. The highest BCUT2D eigenvalue weighted by Crippen LogP contribution is 2.57. The van der Waals surface area contributed by atoms with E-state index in [2.05, 4.69) is 52.3 Å². The van der Waals surface area contributed by atoms with Gasteiger partial charge in [0.15, 0.2) is 5.65 Å². The van der Waals surface area contributed by atoms with E-state index in [1.54, 1.807) is 6.20 Å². The molecule has 1 amide bonds. The second-order valence-corrected chi connectivity index (χ2v) is 10.8. The van der Waals surface area contributed by atoms with Gasteiger partial charge in [-0.05, 0) is 56.6 Å². The van der Waals surface area contributed by atoms with Gasteiger partial charge in [-0.25, -0.2) is 4.98 Å². The maximum Gasteiger partial charge on any atom is 0.321 e. The second kappa shape index (κ2) is 8.15. The highest BCUT2D eigenvalue weighted by atomic mass is 16.5. The number of terminal acetylenes is 1. The van der Waals surface area contributed by atoms with E-state index in [1.165, 1.54) is 0 Å². The molecule has 0 aromatic carbocycles. The Bertz CT molecular complexity index is 1350.